The molecule has 152 valence electrons. The molecule has 4 rings (SSSR count). The SMILES string of the molecule is Cc1cc2c(cc1C1(c3ccccc3C=CC(=O)O)CC1)C(C)(C)CCC2(C)C. The maximum absolute atomic E-state index is 11.1. The van der Waals surface area contributed by atoms with Gasteiger partial charge in [0.2, 0.25) is 0 Å². The van der Waals surface area contributed by atoms with Crippen LogP contribution >= 0.6 is 0 Å². The van der Waals surface area contributed by atoms with Crippen molar-refractivity contribution in [2.75, 3.05) is 0 Å². The first-order valence-corrected chi connectivity index (χ1v) is 10.7. The fourth-order valence-corrected chi connectivity index (χ4v) is 5.29. The second-order valence-corrected chi connectivity index (χ2v) is 10.3. The lowest BCUT2D eigenvalue weighted by molar-refractivity contribution is -0.131. The Morgan fingerprint density at radius 2 is 1.45 bits per heavy atom. The molecule has 0 atom stereocenters. The lowest BCUT2D eigenvalue weighted by Crippen LogP contribution is -2.34. The first-order valence-electron chi connectivity index (χ1n) is 10.7. The number of aryl methyl sites for hydroxylation is 1. The van der Waals surface area contributed by atoms with E-state index in [4.69, 9.17) is 5.11 Å². The monoisotopic (exact) mass is 388 g/mol. The molecule has 2 aliphatic rings. The van der Waals surface area contributed by atoms with E-state index in [-0.39, 0.29) is 16.2 Å². The zero-order valence-electron chi connectivity index (χ0n) is 18.3. The molecular formula is C27H32O2. The van der Waals surface area contributed by atoms with Crippen LogP contribution in [0, 0.1) is 6.92 Å². The summed E-state index contributed by atoms with van der Waals surface area (Å²) in [5, 5.41) is 9.10. The van der Waals surface area contributed by atoms with E-state index >= 15 is 0 Å². The number of carboxylic acid groups (broad SMARTS) is 1. The molecule has 2 heteroatoms. The topological polar surface area (TPSA) is 37.3 Å². The summed E-state index contributed by atoms with van der Waals surface area (Å²) in [6, 6.07) is 13.2. The molecule has 0 aromatic heterocycles. The number of carbonyl (C=O) groups is 1. The number of carboxylic acids is 1. The highest BCUT2D eigenvalue weighted by Gasteiger charge is 2.49. The van der Waals surface area contributed by atoms with Crippen molar-refractivity contribution in [2.24, 2.45) is 0 Å². The average Bonchev–Trinajstić information content (AvgIpc) is 3.45. The van der Waals surface area contributed by atoms with Crippen LogP contribution in [0.5, 0.6) is 0 Å². The van der Waals surface area contributed by atoms with Crippen molar-refractivity contribution in [3.05, 3.63) is 75.9 Å². The Kier molecular flexibility index (Phi) is 4.53. The minimum atomic E-state index is -0.904. The van der Waals surface area contributed by atoms with Gasteiger partial charge in [-0.3, -0.25) is 0 Å². The molecule has 1 fully saturated rings. The summed E-state index contributed by atoms with van der Waals surface area (Å²) in [6.07, 6.45) is 7.67. The van der Waals surface area contributed by atoms with Crippen molar-refractivity contribution < 1.29 is 9.90 Å². The molecule has 0 aliphatic heterocycles. The van der Waals surface area contributed by atoms with Gasteiger partial charge in [-0.25, -0.2) is 4.79 Å². The summed E-state index contributed by atoms with van der Waals surface area (Å²) in [4.78, 5) is 11.1. The van der Waals surface area contributed by atoms with Gasteiger partial charge in [0.25, 0.3) is 0 Å². The second-order valence-electron chi connectivity index (χ2n) is 10.3. The van der Waals surface area contributed by atoms with Crippen molar-refractivity contribution in [3.8, 4) is 0 Å². The van der Waals surface area contributed by atoms with Crippen LogP contribution in [0.3, 0.4) is 0 Å². The molecule has 0 bridgehead atoms. The van der Waals surface area contributed by atoms with E-state index < -0.39 is 5.97 Å². The number of hydrogen-bond acceptors (Lipinski definition) is 1. The van der Waals surface area contributed by atoms with Crippen molar-refractivity contribution in [1.29, 1.82) is 0 Å². The standard InChI is InChI=1S/C27H32O2/c1-18-16-22-23(26(4,5)13-12-25(22,2)3)17-21(18)27(14-15-27)20-9-7-6-8-19(20)10-11-24(28)29/h6-11,16-17H,12-15H2,1-5H3,(H,28,29). The molecule has 0 radical (unpaired) electrons. The van der Waals surface area contributed by atoms with Crippen LogP contribution in [0.15, 0.2) is 42.5 Å². The van der Waals surface area contributed by atoms with Crippen LogP contribution in [0.4, 0.5) is 0 Å². The zero-order valence-corrected chi connectivity index (χ0v) is 18.3. The Hall–Kier alpha value is -2.35. The van der Waals surface area contributed by atoms with Crippen molar-refractivity contribution >= 4 is 12.0 Å². The van der Waals surface area contributed by atoms with Crippen molar-refractivity contribution in [2.45, 2.75) is 76.5 Å². The highest BCUT2D eigenvalue weighted by atomic mass is 16.4. The molecule has 0 unspecified atom stereocenters. The van der Waals surface area contributed by atoms with Crippen LogP contribution < -0.4 is 0 Å². The summed E-state index contributed by atoms with van der Waals surface area (Å²) in [6.45, 7) is 11.8. The fraction of sp³-hybridized carbons (Fsp3) is 0.444. The predicted octanol–water partition coefficient (Wildman–Crippen LogP) is 6.52. The number of aliphatic carboxylic acids is 1. The second kappa shape index (κ2) is 6.58. The van der Waals surface area contributed by atoms with Crippen LogP contribution in [0.25, 0.3) is 6.08 Å². The summed E-state index contributed by atoms with van der Waals surface area (Å²) in [7, 11) is 0. The van der Waals surface area contributed by atoms with Gasteiger partial charge in [0.15, 0.2) is 0 Å². The number of hydrogen-bond donors (Lipinski definition) is 1. The van der Waals surface area contributed by atoms with Gasteiger partial charge in [-0.15, -0.1) is 0 Å². The molecule has 2 aromatic carbocycles. The molecule has 0 spiro atoms. The minimum Gasteiger partial charge on any atom is -0.478 e. The van der Waals surface area contributed by atoms with Crippen LogP contribution in [0.2, 0.25) is 0 Å². The van der Waals surface area contributed by atoms with Gasteiger partial charge in [0, 0.05) is 11.5 Å². The van der Waals surface area contributed by atoms with Gasteiger partial charge in [-0.1, -0.05) is 64.1 Å². The number of benzene rings is 2. The summed E-state index contributed by atoms with van der Waals surface area (Å²) in [5.41, 5.74) is 8.49. The molecule has 0 amide bonds. The highest BCUT2D eigenvalue weighted by molar-refractivity contribution is 5.85. The Morgan fingerprint density at radius 1 is 0.862 bits per heavy atom. The smallest absolute Gasteiger partial charge is 0.328 e. The highest BCUT2D eigenvalue weighted by Crippen LogP contribution is 2.57. The van der Waals surface area contributed by atoms with Crippen LogP contribution in [-0.2, 0) is 21.0 Å². The lowest BCUT2D eigenvalue weighted by Gasteiger charge is -2.43. The summed E-state index contributed by atoms with van der Waals surface area (Å²) < 4.78 is 0. The molecule has 2 aromatic rings. The molecule has 0 saturated heterocycles. The lowest BCUT2D eigenvalue weighted by atomic mass is 9.62. The Morgan fingerprint density at radius 3 is 2.03 bits per heavy atom. The summed E-state index contributed by atoms with van der Waals surface area (Å²) >= 11 is 0. The van der Waals surface area contributed by atoms with Gasteiger partial charge >= 0.3 is 5.97 Å². The Balaban J connectivity index is 1.88. The summed E-state index contributed by atoms with van der Waals surface area (Å²) in [5.74, 6) is -0.904. The molecule has 29 heavy (non-hydrogen) atoms. The van der Waals surface area contributed by atoms with Gasteiger partial charge in [0.05, 0.1) is 0 Å². The number of fused-ring (bicyclic) bond motifs is 1. The van der Waals surface area contributed by atoms with Gasteiger partial charge in [0.1, 0.15) is 0 Å². The third kappa shape index (κ3) is 3.33. The predicted molar refractivity (Wildman–Crippen MR) is 120 cm³/mol. The normalized spacial score (nSPS) is 21.0. The first-order chi connectivity index (χ1) is 13.6. The molecule has 2 nitrogen and oxygen atoms in total. The molecule has 1 saturated carbocycles. The minimum absolute atomic E-state index is 0.0101. The van der Waals surface area contributed by atoms with Gasteiger partial charge < -0.3 is 5.11 Å². The third-order valence-corrected chi connectivity index (χ3v) is 7.35. The number of rotatable bonds is 4. The maximum atomic E-state index is 11.1. The van der Waals surface area contributed by atoms with E-state index in [1.165, 1.54) is 46.7 Å². The maximum Gasteiger partial charge on any atom is 0.328 e. The van der Waals surface area contributed by atoms with E-state index in [0.717, 1.165) is 18.4 Å². The van der Waals surface area contributed by atoms with Crippen molar-refractivity contribution in [3.63, 3.8) is 0 Å². The van der Waals surface area contributed by atoms with Gasteiger partial charge in [-0.05, 0) is 82.9 Å². The van der Waals surface area contributed by atoms with Crippen LogP contribution in [0.1, 0.15) is 86.8 Å². The molecule has 1 N–H and O–H groups in total. The third-order valence-electron chi connectivity index (χ3n) is 7.35. The molecule has 2 aliphatic carbocycles. The van der Waals surface area contributed by atoms with E-state index in [1.54, 1.807) is 6.08 Å². The first kappa shape index (κ1) is 19.9. The largest absolute Gasteiger partial charge is 0.478 e. The quantitative estimate of drug-likeness (QED) is 0.605. The van der Waals surface area contributed by atoms with E-state index in [1.807, 2.05) is 12.1 Å². The van der Waals surface area contributed by atoms with E-state index in [9.17, 15) is 4.79 Å². The van der Waals surface area contributed by atoms with E-state index in [0.29, 0.717) is 0 Å². The molecule has 0 heterocycles. The van der Waals surface area contributed by atoms with Crippen molar-refractivity contribution in [1.82, 2.24) is 0 Å². The zero-order chi connectivity index (χ0) is 21.0. The Bertz CT molecular complexity index is 1000. The van der Waals surface area contributed by atoms with Gasteiger partial charge in [-0.2, -0.15) is 0 Å². The van der Waals surface area contributed by atoms with Crippen LogP contribution in [-0.4, -0.2) is 11.1 Å². The molecular weight excluding hydrogens is 356 g/mol. The average molecular weight is 389 g/mol. The fourth-order valence-electron chi connectivity index (χ4n) is 5.29. The Labute approximate surface area is 174 Å². The van der Waals surface area contributed by atoms with E-state index in [2.05, 4.69) is 58.9 Å².